The van der Waals surface area contributed by atoms with E-state index in [1.54, 1.807) is 11.8 Å². The number of benzene rings is 1. The van der Waals surface area contributed by atoms with Gasteiger partial charge in [-0.25, -0.2) is 0 Å². The minimum atomic E-state index is 0.361. The van der Waals surface area contributed by atoms with Crippen LogP contribution in [0.25, 0.3) is 5.69 Å². The standard InChI is InChI=1S/C13H17N5O2/c1-19-11-4-2-3-10(9-11)18-12(14)15-13(16-18)17-5-7-20-8-6-17/h2-4,9H,5-8H2,1H3,(H2,14,15,16). The van der Waals surface area contributed by atoms with Gasteiger partial charge in [0.05, 0.1) is 26.0 Å². The molecule has 0 amide bonds. The second-order valence-electron chi connectivity index (χ2n) is 4.48. The Labute approximate surface area is 116 Å². The van der Waals surface area contributed by atoms with Gasteiger partial charge in [-0.15, -0.1) is 5.10 Å². The lowest BCUT2D eigenvalue weighted by atomic mass is 10.3. The number of ether oxygens (including phenoxy) is 2. The number of rotatable bonds is 3. The van der Waals surface area contributed by atoms with Gasteiger partial charge in [-0.05, 0) is 12.1 Å². The fraction of sp³-hybridized carbons (Fsp3) is 0.385. The van der Waals surface area contributed by atoms with Crippen molar-refractivity contribution in [2.75, 3.05) is 44.0 Å². The molecule has 0 aliphatic carbocycles. The third-order valence-electron chi connectivity index (χ3n) is 3.21. The van der Waals surface area contributed by atoms with Gasteiger partial charge in [-0.1, -0.05) is 6.07 Å². The van der Waals surface area contributed by atoms with Crippen molar-refractivity contribution in [3.63, 3.8) is 0 Å². The van der Waals surface area contributed by atoms with Gasteiger partial charge in [0.25, 0.3) is 0 Å². The third kappa shape index (κ3) is 2.39. The number of aromatic nitrogens is 3. The first-order chi connectivity index (χ1) is 9.78. The Morgan fingerprint density at radius 1 is 1.30 bits per heavy atom. The molecule has 1 saturated heterocycles. The van der Waals surface area contributed by atoms with E-state index in [9.17, 15) is 0 Å². The maximum atomic E-state index is 5.96. The Morgan fingerprint density at radius 3 is 2.85 bits per heavy atom. The maximum absolute atomic E-state index is 5.96. The highest BCUT2D eigenvalue weighted by Gasteiger charge is 2.18. The predicted molar refractivity (Wildman–Crippen MR) is 75.4 cm³/mol. The molecule has 0 saturated carbocycles. The molecule has 1 aliphatic rings. The lowest BCUT2D eigenvalue weighted by Crippen LogP contribution is -2.37. The van der Waals surface area contributed by atoms with Crippen LogP contribution >= 0.6 is 0 Å². The lowest BCUT2D eigenvalue weighted by Gasteiger charge is -2.25. The van der Waals surface area contributed by atoms with Gasteiger partial charge in [0.1, 0.15) is 5.75 Å². The van der Waals surface area contributed by atoms with Crippen molar-refractivity contribution >= 4 is 11.9 Å². The normalized spacial score (nSPS) is 15.3. The quantitative estimate of drug-likeness (QED) is 0.888. The molecular weight excluding hydrogens is 258 g/mol. The summed E-state index contributed by atoms with van der Waals surface area (Å²) in [7, 11) is 1.63. The first kappa shape index (κ1) is 12.7. The van der Waals surface area contributed by atoms with Crippen LogP contribution in [0.1, 0.15) is 0 Å². The molecule has 1 aromatic heterocycles. The number of methoxy groups -OCH3 is 1. The molecule has 2 N–H and O–H groups in total. The number of hydrogen-bond donors (Lipinski definition) is 1. The summed E-state index contributed by atoms with van der Waals surface area (Å²) in [5.74, 6) is 1.75. The van der Waals surface area contributed by atoms with E-state index in [1.807, 2.05) is 24.3 Å². The van der Waals surface area contributed by atoms with Gasteiger partial charge in [-0.3, -0.25) is 0 Å². The minimum Gasteiger partial charge on any atom is -0.497 e. The summed E-state index contributed by atoms with van der Waals surface area (Å²) in [4.78, 5) is 6.39. The van der Waals surface area contributed by atoms with E-state index in [-0.39, 0.29) is 0 Å². The van der Waals surface area contributed by atoms with Crippen molar-refractivity contribution in [3.8, 4) is 11.4 Å². The Morgan fingerprint density at radius 2 is 2.10 bits per heavy atom. The fourth-order valence-electron chi connectivity index (χ4n) is 2.14. The molecular formula is C13H17N5O2. The Hall–Kier alpha value is -2.28. The third-order valence-corrected chi connectivity index (χ3v) is 3.21. The topological polar surface area (TPSA) is 78.4 Å². The van der Waals surface area contributed by atoms with Crippen molar-refractivity contribution < 1.29 is 9.47 Å². The van der Waals surface area contributed by atoms with E-state index in [2.05, 4.69) is 15.0 Å². The average molecular weight is 275 g/mol. The first-order valence-electron chi connectivity index (χ1n) is 6.47. The summed E-state index contributed by atoms with van der Waals surface area (Å²) in [6.45, 7) is 2.93. The summed E-state index contributed by atoms with van der Waals surface area (Å²) in [6.07, 6.45) is 0. The summed E-state index contributed by atoms with van der Waals surface area (Å²) in [5.41, 5.74) is 6.79. The number of morpholine rings is 1. The molecule has 0 unspecified atom stereocenters. The maximum Gasteiger partial charge on any atom is 0.247 e. The first-order valence-corrected chi connectivity index (χ1v) is 6.47. The van der Waals surface area contributed by atoms with E-state index in [0.29, 0.717) is 25.1 Å². The summed E-state index contributed by atoms with van der Waals surface area (Å²) in [6, 6.07) is 7.55. The molecule has 0 bridgehead atoms. The molecule has 2 heterocycles. The fourth-order valence-corrected chi connectivity index (χ4v) is 2.14. The summed E-state index contributed by atoms with van der Waals surface area (Å²) in [5, 5.41) is 4.47. The highest BCUT2D eigenvalue weighted by molar-refractivity contribution is 5.46. The van der Waals surface area contributed by atoms with E-state index < -0.39 is 0 Å². The summed E-state index contributed by atoms with van der Waals surface area (Å²) < 4.78 is 12.1. The number of anilines is 2. The van der Waals surface area contributed by atoms with Gasteiger partial charge in [0, 0.05) is 19.2 Å². The number of nitrogens with zero attached hydrogens (tertiary/aromatic N) is 4. The van der Waals surface area contributed by atoms with Crippen LogP contribution in [0.3, 0.4) is 0 Å². The van der Waals surface area contributed by atoms with Crippen LogP contribution in [-0.4, -0.2) is 48.2 Å². The highest BCUT2D eigenvalue weighted by atomic mass is 16.5. The zero-order valence-corrected chi connectivity index (χ0v) is 11.3. The largest absolute Gasteiger partial charge is 0.497 e. The molecule has 0 spiro atoms. The monoisotopic (exact) mass is 275 g/mol. The molecule has 0 radical (unpaired) electrons. The van der Waals surface area contributed by atoms with Gasteiger partial charge in [0.2, 0.25) is 11.9 Å². The van der Waals surface area contributed by atoms with Crippen molar-refractivity contribution in [1.82, 2.24) is 14.8 Å². The number of nitrogen functional groups attached to an aromatic ring is 1. The van der Waals surface area contributed by atoms with E-state index in [0.717, 1.165) is 24.5 Å². The Bertz CT molecular complexity index is 592. The highest BCUT2D eigenvalue weighted by Crippen LogP contribution is 2.20. The van der Waals surface area contributed by atoms with Crippen molar-refractivity contribution in [1.29, 1.82) is 0 Å². The van der Waals surface area contributed by atoms with Crippen molar-refractivity contribution in [3.05, 3.63) is 24.3 Å². The van der Waals surface area contributed by atoms with Gasteiger partial charge < -0.3 is 20.1 Å². The molecule has 3 rings (SSSR count). The second-order valence-corrected chi connectivity index (χ2v) is 4.48. The molecule has 20 heavy (non-hydrogen) atoms. The summed E-state index contributed by atoms with van der Waals surface area (Å²) >= 11 is 0. The van der Waals surface area contributed by atoms with Crippen LogP contribution < -0.4 is 15.4 Å². The van der Waals surface area contributed by atoms with Gasteiger partial charge in [0.15, 0.2) is 0 Å². The van der Waals surface area contributed by atoms with Crippen molar-refractivity contribution in [2.45, 2.75) is 0 Å². The van der Waals surface area contributed by atoms with Crippen LogP contribution in [0, 0.1) is 0 Å². The average Bonchev–Trinajstić information content (AvgIpc) is 2.90. The number of hydrogen-bond acceptors (Lipinski definition) is 6. The molecule has 1 fully saturated rings. The van der Waals surface area contributed by atoms with E-state index >= 15 is 0 Å². The second kappa shape index (κ2) is 5.38. The minimum absolute atomic E-state index is 0.361. The van der Waals surface area contributed by atoms with Crippen LogP contribution in [0.5, 0.6) is 5.75 Å². The SMILES string of the molecule is COc1cccc(-n2nc(N3CCOCC3)nc2N)c1. The number of nitrogens with two attached hydrogens (primary N) is 1. The Balaban J connectivity index is 1.91. The van der Waals surface area contributed by atoms with E-state index in [4.69, 9.17) is 15.2 Å². The Kier molecular flexibility index (Phi) is 3.42. The van der Waals surface area contributed by atoms with Crippen molar-refractivity contribution in [2.24, 2.45) is 0 Å². The molecule has 0 atom stereocenters. The molecule has 7 nitrogen and oxygen atoms in total. The molecule has 1 aliphatic heterocycles. The van der Waals surface area contributed by atoms with Crippen LogP contribution in [0.2, 0.25) is 0 Å². The van der Waals surface area contributed by atoms with Crippen LogP contribution in [0.15, 0.2) is 24.3 Å². The molecule has 7 heteroatoms. The zero-order valence-electron chi connectivity index (χ0n) is 11.3. The lowest BCUT2D eigenvalue weighted by molar-refractivity contribution is 0.122. The molecule has 106 valence electrons. The van der Waals surface area contributed by atoms with Gasteiger partial charge >= 0.3 is 0 Å². The van der Waals surface area contributed by atoms with Crippen LogP contribution in [-0.2, 0) is 4.74 Å². The molecule has 2 aromatic rings. The zero-order chi connectivity index (χ0) is 13.9. The van der Waals surface area contributed by atoms with E-state index in [1.165, 1.54) is 0 Å². The smallest absolute Gasteiger partial charge is 0.247 e. The van der Waals surface area contributed by atoms with Gasteiger partial charge in [-0.2, -0.15) is 9.67 Å². The molecule has 1 aromatic carbocycles. The van der Waals surface area contributed by atoms with Crippen LogP contribution in [0.4, 0.5) is 11.9 Å². The predicted octanol–water partition coefficient (Wildman–Crippen LogP) is 0.695.